The van der Waals surface area contributed by atoms with Crippen molar-refractivity contribution >= 4 is 37.8 Å². The van der Waals surface area contributed by atoms with Crippen LogP contribution in [0.4, 0.5) is 0 Å². The minimum absolute atomic E-state index is 0. The van der Waals surface area contributed by atoms with Gasteiger partial charge >= 0.3 is 29.6 Å². The third-order valence-corrected chi connectivity index (χ3v) is 9.14. The topological polar surface area (TPSA) is 141 Å². The molecule has 200 valence electrons. The molecule has 0 amide bonds. The van der Waals surface area contributed by atoms with Crippen LogP contribution in [0.1, 0.15) is 28.8 Å². The van der Waals surface area contributed by atoms with E-state index in [0.717, 1.165) is 9.54 Å². The van der Waals surface area contributed by atoms with Crippen LogP contribution in [0.5, 0.6) is 11.5 Å². The van der Waals surface area contributed by atoms with Crippen molar-refractivity contribution in [3.8, 4) is 11.5 Å². The fourth-order valence-corrected chi connectivity index (χ4v) is 7.15. The van der Waals surface area contributed by atoms with E-state index in [9.17, 15) is 22.5 Å². The van der Waals surface area contributed by atoms with Crippen LogP contribution in [-0.4, -0.2) is 46.8 Å². The molecule has 39 heavy (non-hydrogen) atoms. The summed E-state index contributed by atoms with van der Waals surface area (Å²) in [7, 11) is -3.12. The first-order valence-electron chi connectivity index (χ1n) is 11.5. The Morgan fingerprint density at radius 3 is 2.38 bits per heavy atom. The van der Waals surface area contributed by atoms with Crippen molar-refractivity contribution in [2.75, 3.05) is 14.2 Å². The molecule has 4 rings (SSSR count). The normalized spacial score (nSPS) is 12.1. The number of carbonyl (C=O) groups is 1. The molecule has 2 aromatic carbocycles. The third kappa shape index (κ3) is 6.36. The van der Waals surface area contributed by atoms with E-state index < -0.39 is 26.8 Å². The van der Waals surface area contributed by atoms with E-state index in [-0.39, 0.29) is 63.7 Å². The Labute approximate surface area is 251 Å². The van der Waals surface area contributed by atoms with Crippen molar-refractivity contribution in [1.82, 2.24) is 13.9 Å². The Morgan fingerprint density at radius 1 is 1.08 bits per heavy atom. The summed E-state index contributed by atoms with van der Waals surface area (Å²) in [4.78, 5) is 19.5. The Bertz CT molecular complexity index is 1650. The summed E-state index contributed by atoms with van der Waals surface area (Å²) >= 11 is 0. The number of aliphatic carboxylic acids is 1. The largest absolute Gasteiger partial charge is 1.00 e. The number of carboxylic acids is 1. The average Bonchev–Trinajstić information content (AvgIpc) is 3.29. The number of carboxylic acid groups (broad SMARTS) is 1. The Balaban J connectivity index is 0.00000420. The third-order valence-electron chi connectivity index (χ3n) is 6.09. The van der Waals surface area contributed by atoms with Gasteiger partial charge in [0.2, 0.25) is 5.16 Å². The minimum Gasteiger partial charge on any atom is -0.550 e. The molecule has 0 saturated heterocycles. The summed E-state index contributed by atoms with van der Waals surface area (Å²) in [6, 6.07) is 10.6. The maximum Gasteiger partial charge on any atom is 1.00 e. The number of rotatable bonds is 10. The predicted molar refractivity (Wildman–Crippen MR) is 139 cm³/mol. The van der Waals surface area contributed by atoms with Gasteiger partial charge in [-0.3, -0.25) is 9.19 Å². The SMILES string of the molecule is COc1ccc2c(c1)nc(S(=O)Cc1ncc(C)c(OC)c1C)n2S(=O)(=O)c1ccc(CCC(=O)[O-])cc1.[Na+]. The number of ether oxygens (including phenoxy) is 2. The number of hydrogen-bond acceptors (Lipinski definition) is 9. The maximum atomic E-state index is 13.8. The van der Waals surface area contributed by atoms with Crippen LogP contribution >= 0.6 is 0 Å². The molecule has 2 heterocycles. The quantitative estimate of drug-likeness (QED) is 0.223. The van der Waals surface area contributed by atoms with E-state index in [0.29, 0.717) is 33.8 Å². The number of methoxy groups -OCH3 is 2. The van der Waals surface area contributed by atoms with Gasteiger partial charge in [-0.05, 0) is 56.5 Å². The van der Waals surface area contributed by atoms with Crippen molar-refractivity contribution < 1.29 is 61.6 Å². The van der Waals surface area contributed by atoms with E-state index in [2.05, 4.69) is 9.97 Å². The molecule has 0 N–H and O–H groups in total. The van der Waals surface area contributed by atoms with E-state index in [4.69, 9.17) is 9.47 Å². The number of benzene rings is 2. The van der Waals surface area contributed by atoms with Crippen LogP contribution in [0.25, 0.3) is 11.0 Å². The van der Waals surface area contributed by atoms with Crippen LogP contribution in [0.3, 0.4) is 0 Å². The number of imidazole rings is 1. The average molecular weight is 580 g/mol. The van der Waals surface area contributed by atoms with Gasteiger partial charge in [-0.2, -0.15) is 0 Å². The van der Waals surface area contributed by atoms with E-state index in [1.54, 1.807) is 50.6 Å². The van der Waals surface area contributed by atoms with Crippen LogP contribution in [0.15, 0.2) is 58.7 Å². The van der Waals surface area contributed by atoms with Crippen LogP contribution < -0.4 is 44.1 Å². The molecule has 1 atom stereocenters. The van der Waals surface area contributed by atoms with E-state index >= 15 is 0 Å². The molecule has 0 radical (unpaired) electrons. The molecule has 10 nitrogen and oxygen atoms in total. The van der Waals surface area contributed by atoms with Crippen molar-refractivity contribution in [3.05, 3.63) is 71.0 Å². The van der Waals surface area contributed by atoms with Gasteiger partial charge in [0, 0.05) is 29.4 Å². The minimum atomic E-state index is -4.24. The van der Waals surface area contributed by atoms with Crippen molar-refractivity contribution in [2.45, 2.75) is 42.5 Å². The van der Waals surface area contributed by atoms with Crippen LogP contribution in [0.2, 0.25) is 0 Å². The number of aryl methyl sites for hydroxylation is 2. The summed E-state index contributed by atoms with van der Waals surface area (Å²) in [6.07, 6.45) is 1.64. The molecular weight excluding hydrogens is 553 g/mol. The monoisotopic (exact) mass is 579 g/mol. The van der Waals surface area contributed by atoms with Gasteiger partial charge in [-0.15, -0.1) is 0 Å². The van der Waals surface area contributed by atoms with Crippen molar-refractivity contribution in [3.63, 3.8) is 0 Å². The van der Waals surface area contributed by atoms with Gasteiger partial charge in [0.1, 0.15) is 11.5 Å². The van der Waals surface area contributed by atoms with Gasteiger partial charge < -0.3 is 19.4 Å². The number of carbonyl (C=O) groups excluding carboxylic acids is 1. The van der Waals surface area contributed by atoms with Gasteiger partial charge in [-0.25, -0.2) is 17.4 Å². The molecule has 0 fully saturated rings. The summed E-state index contributed by atoms with van der Waals surface area (Å²) in [5, 5.41) is 10.6. The Morgan fingerprint density at radius 2 is 1.77 bits per heavy atom. The number of pyridine rings is 1. The first-order chi connectivity index (χ1) is 18.1. The first-order valence-corrected chi connectivity index (χ1v) is 14.3. The molecule has 13 heteroatoms. The van der Waals surface area contributed by atoms with Gasteiger partial charge in [0.15, 0.2) is 0 Å². The Kier molecular flexibility index (Phi) is 9.94. The van der Waals surface area contributed by atoms with Crippen molar-refractivity contribution in [1.29, 1.82) is 0 Å². The van der Waals surface area contributed by atoms with E-state index in [1.807, 2.05) is 6.92 Å². The number of aromatic nitrogens is 3. The second-order valence-corrected chi connectivity index (χ2v) is 11.7. The zero-order valence-corrected chi connectivity index (χ0v) is 25.9. The second kappa shape index (κ2) is 12.6. The van der Waals surface area contributed by atoms with E-state index in [1.165, 1.54) is 19.2 Å². The smallest absolute Gasteiger partial charge is 0.550 e. The Hall–Kier alpha value is -2.77. The molecule has 0 aliphatic carbocycles. The van der Waals surface area contributed by atoms with Gasteiger partial charge in [0.05, 0.1) is 52.4 Å². The first kappa shape index (κ1) is 30.8. The summed E-state index contributed by atoms with van der Waals surface area (Å²) in [6.45, 7) is 3.65. The predicted octanol–water partition coefficient (Wildman–Crippen LogP) is -0.703. The van der Waals surface area contributed by atoms with Gasteiger partial charge in [0.25, 0.3) is 10.0 Å². The summed E-state index contributed by atoms with van der Waals surface area (Å²) in [5.74, 6) is -0.183. The second-order valence-electron chi connectivity index (χ2n) is 8.57. The summed E-state index contributed by atoms with van der Waals surface area (Å²) < 4.78 is 53.0. The fraction of sp³-hybridized carbons (Fsp3) is 0.269. The standard InChI is InChI=1S/C26H27N3O7S2.Na/c1-16-14-27-22(17(2)25(16)36-4)15-37(32)26-28-21-13-19(35-3)8-11-23(21)29(26)38(33,34)20-9-5-18(6-10-20)7-12-24(30)31;/h5-6,8-11,13-14H,7,12,15H2,1-4H3,(H,30,31);/q;+1/p-1. The fourth-order valence-electron chi connectivity index (χ4n) is 4.10. The number of hydrogen-bond donors (Lipinski definition) is 0. The molecule has 4 aromatic rings. The number of fused-ring (bicyclic) bond motifs is 1. The van der Waals surface area contributed by atoms with Crippen LogP contribution in [0, 0.1) is 13.8 Å². The molecule has 0 aliphatic heterocycles. The van der Waals surface area contributed by atoms with Crippen molar-refractivity contribution in [2.24, 2.45) is 0 Å². The number of nitrogens with zero attached hydrogens (tertiary/aromatic N) is 3. The zero-order chi connectivity index (χ0) is 27.6. The molecule has 2 aromatic heterocycles. The molecule has 0 spiro atoms. The zero-order valence-electron chi connectivity index (χ0n) is 22.3. The van der Waals surface area contributed by atoms with Crippen LogP contribution in [-0.2, 0) is 37.8 Å². The molecule has 1 unspecified atom stereocenters. The maximum absolute atomic E-state index is 13.8. The molecule has 0 saturated carbocycles. The molecule has 0 bridgehead atoms. The summed E-state index contributed by atoms with van der Waals surface area (Å²) in [5.41, 5.74) is 3.21. The molecule has 0 aliphatic rings. The molecular formula is C26H26N3NaO7S2. The van der Waals surface area contributed by atoms with Gasteiger partial charge in [-0.1, -0.05) is 12.1 Å².